The molecule has 1 spiro atoms. The van der Waals surface area contributed by atoms with Crippen LogP contribution in [0.2, 0.25) is 5.02 Å². The van der Waals surface area contributed by atoms with Crippen LogP contribution in [0.3, 0.4) is 0 Å². The molecule has 7 heteroatoms. The Labute approximate surface area is 254 Å². The van der Waals surface area contributed by atoms with Gasteiger partial charge in [0.1, 0.15) is 23.8 Å². The minimum atomic E-state index is -1.40. The van der Waals surface area contributed by atoms with Gasteiger partial charge in [0.2, 0.25) is 5.91 Å². The predicted molar refractivity (Wildman–Crippen MR) is 166 cm³/mol. The zero-order chi connectivity index (χ0) is 29.7. The number of carbonyl (C=O) groups excluding carboxylic acids is 3. The third-order valence-electron chi connectivity index (χ3n) is 8.74. The monoisotopic (exact) mass is 586 g/mol. The molecule has 4 atom stereocenters. The molecule has 43 heavy (non-hydrogen) atoms. The number of hydrogen-bond acceptors (Lipinski definition) is 5. The Morgan fingerprint density at radius 2 is 1.70 bits per heavy atom. The maximum Gasteiger partial charge on any atom is 0.238 e. The van der Waals surface area contributed by atoms with Crippen molar-refractivity contribution in [2.45, 2.75) is 17.5 Å². The lowest BCUT2D eigenvalue weighted by Crippen LogP contribution is -2.49. The molecule has 0 aliphatic carbocycles. The Morgan fingerprint density at radius 1 is 0.930 bits per heavy atom. The summed E-state index contributed by atoms with van der Waals surface area (Å²) in [6.45, 7) is 3.98. The summed E-state index contributed by atoms with van der Waals surface area (Å²) in [5.74, 6) is -1.47. The fourth-order valence-electron chi connectivity index (χ4n) is 7.03. The molecule has 6 nitrogen and oxygen atoms in total. The average molecular weight is 587 g/mol. The summed E-state index contributed by atoms with van der Waals surface area (Å²) >= 11 is 6.17. The van der Waals surface area contributed by atoms with E-state index >= 15 is 0 Å². The number of fused-ring (bicyclic) bond motifs is 6. The fraction of sp³-hybridized carbons (Fsp3) is 0.139. The first-order valence-corrected chi connectivity index (χ1v) is 14.5. The van der Waals surface area contributed by atoms with Crippen molar-refractivity contribution in [1.82, 2.24) is 4.90 Å². The smallest absolute Gasteiger partial charge is 0.238 e. The molecule has 0 unspecified atom stereocenters. The van der Waals surface area contributed by atoms with E-state index in [1.54, 1.807) is 54.6 Å². The summed E-state index contributed by atoms with van der Waals surface area (Å²) in [7, 11) is 0. The molecular weight excluding hydrogens is 560 g/mol. The first-order chi connectivity index (χ1) is 20.9. The summed E-state index contributed by atoms with van der Waals surface area (Å²) in [4.78, 5) is 46.0. The van der Waals surface area contributed by atoms with Gasteiger partial charge in [0, 0.05) is 28.0 Å². The van der Waals surface area contributed by atoms with Crippen LogP contribution in [0.5, 0.6) is 5.75 Å². The second kappa shape index (κ2) is 10.4. The molecule has 0 radical (unpaired) electrons. The molecule has 3 heterocycles. The van der Waals surface area contributed by atoms with Crippen LogP contribution in [0.25, 0.3) is 6.08 Å². The number of carbonyl (C=O) groups is 3. The zero-order valence-corrected chi connectivity index (χ0v) is 23.8. The van der Waals surface area contributed by atoms with Crippen molar-refractivity contribution in [1.29, 1.82) is 0 Å². The summed E-state index contributed by atoms with van der Waals surface area (Å²) in [6.07, 6.45) is 5.43. The molecule has 3 aliphatic rings. The number of rotatable bonds is 7. The molecule has 7 rings (SSSR count). The van der Waals surface area contributed by atoms with Crippen LogP contribution >= 0.6 is 11.6 Å². The second-order valence-electron chi connectivity index (χ2n) is 10.9. The molecule has 212 valence electrons. The number of ether oxygens (including phenoxy) is 1. The molecule has 1 saturated heterocycles. The van der Waals surface area contributed by atoms with Crippen LogP contribution in [0, 0.1) is 5.92 Å². The molecule has 0 saturated carbocycles. The molecule has 0 bridgehead atoms. The summed E-state index contributed by atoms with van der Waals surface area (Å²) < 4.78 is 5.75. The van der Waals surface area contributed by atoms with E-state index in [0.717, 1.165) is 11.1 Å². The van der Waals surface area contributed by atoms with Gasteiger partial charge in [0.05, 0.1) is 12.0 Å². The van der Waals surface area contributed by atoms with Gasteiger partial charge in [-0.05, 0) is 65.2 Å². The first-order valence-electron chi connectivity index (χ1n) is 14.1. The summed E-state index contributed by atoms with van der Waals surface area (Å²) in [6, 6.07) is 27.2. The van der Waals surface area contributed by atoms with Gasteiger partial charge < -0.3 is 15.0 Å². The van der Waals surface area contributed by atoms with E-state index in [0.29, 0.717) is 33.1 Å². The number of Topliss-reactive ketones (excluding diaryl/α,β-unsaturated/α-hetero) is 2. The molecule has 1 amide bonds. The predicted octanol–water partition coefficient (Wildman–Crippen LogP) is 6.89. The molecule has 1 fully saturated rings. The molecule has 4 aromatic rings. The number of hydrogen-bond donors (Lipinski definition) is 1. The first kappa shape index (κ1) is 26.9. The van der Waals surface area contributed by atoms with Crippen molar-refractivity contribution in [3.8, 4) is 5.75 Å². The van der Waals surface area contributed by atoms with Crippen LogP contribution in [-0.4, -0.2) is 35.0 Å². The number of amides is 1. The van der Waals surface area contributed by atoms with E-state index < -0.39 is 23.4 Å². The lowest BCUT2D eigenvalue weighted by Gasteiger charge is -2.38. The molecule has 0 aromatic heterocycles. The maximum atomic E-state index is 15.0. The van der Waals surface area contributed by atoms with Crippen molar-refractivity contribution < 1.29 is 19.1 Å². The number of ketones is 2. The van der Waals surface area contributed by atoms with Crippen LogP contribution in [-0.2, 0) is 10.2 Å². The Bertz CT molecular complexity index is 1830. The van der Waals surface area contributed by atoms with E-state index in [4.69, 9.17) is 16.3 Å². The molecular formula is C36H27ClN2O4. The Kier molecular flexibility index (Phi) is 6.51. The highest BCUT2D eigenvalue weighted by molar-refractivity contribution is 6.30. The van der Waals surface area contributed by atoms with E-state index in [-0.39, 0.29) is 24.1 Å². The number of nitrogens with zero attached hydrogens (tertiary/aromatic N) is 1. The van der Waals surface area contributed by atoms with E-state index in [1.165, 1.54) is 0 Å². The third-order valence-corrected chi connectivity index (χ3v) is 8.99. The van der Waals surface area contributed by atoms with E-state index in [1.807, 2.05) is 65.7 Å². The zero-order valence-electron chi connectivity index (χ0n) is 23.1. The number of benzene rings is 4. The van der Waals surface area contributed by atoms with Gasteiger partial charge in [0.15, 0.2) is 11.6 Å². The van der Waals surface area contributed by atoms with Gasteiger partial charge in [-0.3, -0.25) is 14.4 Å². The van der Waals surface area contributed by atoms with Crippen molar-refractivity contribution in [3.63, 3.8) is 0 Å². The van der Waals surface area contributed by atoms with Gasteiger partial charge in [-0.1, -0.05) is 78.9 Å². The highest BCUT2D eigenvalue weighted by Crippen LogP contribution is 2.62. The van der Waals surface area contributed by atoms with Crippen molar-refractivity contribution >= 4 is 40.8 Å². The minimum Gasteiger partial charge on any atom is -0.490 e. The standard InChI is InChI=1S/C36H27ClN2O4/c1-2-20-43-26-10-7-9-24(21-26)32(40)30-31(33(41)23-14-16-25(37)17-15-23)39-19-18-22-8-3-4-11-27(22)34(39)36(30)28-12-5-6-13-29(28)38-35(36)42/h2-19,21,30-31,34H,1,20H2,(H,38,42)/t30-,31+,34-,36-/m1/s1. The number of para-hydroxylation sites is 1. The maximum absolute atomic E-state index is 15.0. The quantitative estimate of drug-likeness (QED) is 0.189. The lowest BCUT2D eigenvalue weighted by molar-refractivity contribution is -0.122. The average Bonchev–Trinajstić information content (AvgIpc) is 3.52. The topological polar surface area (TPSA) is 75.7 Å². The van der Waals surface area contributed by atoms with Crippen molar-refractivity contribution in [2.24, 2.45) is 5.92 Å². The molecule has 1 N–H and O–H groups in total. The SMILES string of the molecule is C=CCOc1cccc(C(=O)[C@H]2[C@@H](C(=O)c3ccc(Cl)cc3)N3C=Cc4ccccc4[C@@H]3[C@]23C(=O)Nc2ccccc23)c1. The van der Waals surface area contributed by atoms with Gasteiger partial charge in [-0.2, -0.15) is 0 Å². The highest BCUT2D eigenvalue weighted by atomic mass is 35.5. The normalized spacial score (nSPS) is 22.9. The van der Waals surface area contributed by atoms with Gasteiger partial charge in [-0.15, -0.1) is 0 Å². The van der Waals surface area contributed by atoms with Crippen LogP contribution < -0.4 is 10.1 Å². The Hall–Kier alpha value is -4.94. The highest BCUT2D eigenvalue weighted by Gasteiger charge is 2.70. The van der Waals surface area contributed by atoms with E-state index in [9.17, 15) is 14.4 Å². The second-order valence-corrected chi connectivity index (χ2v) is 11.4. The van der Waals surface area contributed by atoms with Crippen LogP contribution in [0.4, 0.5) is 5.69 Å². The molecule has 3 aliphatic heterocycles. The number of halogens is 1. The largest absolute Gasteiger partial charge is 0.490 e. The minimum absolute atomic E-state index is 0.267. The number of nitrogens with one attached hydrogen (secondary N) is 1. The van der Waals surface area contributed by atoms with Gasteiger partial charge >= 0.3 is 0 Å². The van der Waals surface area contributed by atoms with Gasteiger partial charge in [0.25, 0.3) is 0 Å². The van der Waals surface area contributed by atoms with Crippen molar-refractivity contribution in [2.75, 3.05) is 11.9 Å². The van der Waals surface area contributed by atoms with Gasteiger partial charge in [-0.25, -0.2) is 0 Å². The fourth-order valence-corrected chi connectivity index (χ4v) is 7.15. The Balaban J connectivity index is 1.50. The summed E-state index contributed by atoms with van der Waals surface area (Å²) in [5, 5.41) is 3.57. The third kappa shape index (κ3) is 4.05. The number of anilines is 1. The van der Waals surface area contributed by atoms with Crippen LogP contribution in [0.1, 0.15) is 43.4 Å². The lowest BCUT2D eigenvalue weighted by atomic mass is 9.62. The van der Waals surface area contributed by atoms with E-state index in [2.05, 4.69) is 11.9 Å². The van der Waals surface area contributed by atoms with Crippen LogP contribution in [0.15, 0.2) is 116 Å². The summed E-state index contributed by atoms with van der Waals surface area (Å²) in [5.41, 5.74) is 2.51. The Morgan fingerprint density at radius 3 is 2.51 bits per heavy atom. The molecule has 4 aromatic carbocycles. The van der Waals surface area contributed by atoms with Crippen molar-refractivity contribution in [3.05, 3.63) is 149 Å².